The zero-order chi connectivity index (χ0) is 8.55. The fourth-order valence-electron chi connectivity index (χ4n) is 1.75. The van der Waals surface area contributed by atoms with Gasteiger partial charge in [0, 0.05) is 12.5 Å². The third-order valence-corrected chi connectivity index (χ3v) is 2.36. The maximum absolute atomic E-state index is 10.6. The predicted octanol–water partition coefficient (Wildman–Crippen LogP) is 0.988. The molecule has 0 aliphatic carbocycles. The summed E-state index contributed by atoms with van der Waals surface area (Å²) in [5.74, 6) is 1.42. The Balaban J connectivity index is 2.50. The number of aromatic nitrogens is 3. The number of carbonyl (C=O) groups is 1. The normalized spacial score (nSPS) is 21.9. The Morgan fingerprint density at radius 3 is 3.17 bits per heavy atom. The van der Waals surface area contributed by atoms with Crippen molar-refractivity contribution in [1.82, 2.24) is 14.8 Å². The lowest BCUT2D eigenvalue weighted by atomic mass is 10.1. The second-order valence-electron chi connectivity index (χ2n) is 3.20. The molecule has 0 saturated carbocycles. The highest BCUT2D eigenvalue weighted by atomic mass is 16.1. The number of carbonyl (C=O) groups excluding carboxylic acids is 1. The first-order valence-electron chi connectivity index (χ1n) is 4.22. The first-order chi connectivity index (χ1) is 5.83. The van der Waals surface area contributed by atoms with E-state index in [1.54, 1.807) is 0 Å². The van der Waals surface area contributed by atoms with Crippen LogP contribution in [0.4, 0.5) is 0 Å². The standard InChI is InChI=1S/C8H11N3O/c1-6-3-2-4-7-9-10-8(5-12)11(6)7/h5-6H,2-4H2,1H3. The van der Waals surface area contributed by atoms with E-state index in [9.17, 15) is 4.79 Å². The van der Waals surface area contributed by atoms with Crippen LogP contribution in [0.15, 0.2) is 0 Å². The summed E-state index contributed by atoms with van der Waals surface area (Å²) < 4.78 is 1.94. The summed E-state index contributed by atoms with van der Waals surface area (Å²) in [4.78, 5) is 10.6. The molecule has 0 saturated heterocycles. The Morgan fingerprint density at radius 1 is 1.58 bits per heavy atom. The fourth-order valence-corrected chi connectivity index (χ4v) is 1.75. The molecule has 0 bridgehead atoms. The maximum Gasteiger partial charge on any atom is 0.197 e. The molecule has 4 nitrogen and oxygen atoms in total. The van der Waals surface area contributed by atoms with Gasteiger partial charge in [0.25, 0.3) is 0 Å². The predicted molar refractivity (Wildman–Crippen MR) is 43.1 cm³/mol. The molecule has 4 heteroatoms. The zero-order valence-electron chi connectivity index (χ0n) is 7.03. The molecular weight excluding hydrogens is 154 g/mol. The molecule has 1 atom stereocenters. The van der Waals surface area contributed by atoms with Gasteiger partial charge in [0.15, 0.2) is 12.1 Å². The van der Waals surface area contributed by atoms with Gasteiger partial charge >= 0.3 is 0 Å². The molecule has 0 spiro atoms. The van der Waals surface area contributed by atoms with E-state index in [0.717, 1.165) is 31.4 Å². The summed E-state index contributed by atoms with van der Waals surface area (Å²) in [5.41, 5.74) is 0. The van der Waals surface area contributed by atoms with Crippen LogP contribution >= 0.6 is 0 Å². The largest absolute Gasteiger partial charge is 0.306 e. The highest BCUT2D eigenvalue weighted by molar-refractivity contribution is 5.69. The van der Waals surface area contributed by atoms with Gasteiger partial charge in [-0.25, -0.2) is 0 Å². The van der Waals surface area contributed by atoms with Gasteiger partial charge in [0.1, 0.15) is 5.82 Å². The lowest BCUT2D eigenvalue weighted by Crippen LogP contribution is -2.17. The summed E-state index contributed by atoms with van der Waals surface area (Å²) in [6.07, 6.45) is 3.99. The Morgan fingerprint density at radius 2 is 2.42 bits per heavy atom. The average Bonchev–Trinajstić information content (AvgIpc) is 2.49. The van der Waals surface area contributed by atoms with Gasteiger partial charge in [0.2, 0.25) is 0 Å². The molecule has 0 aromatic carbocycles. The first kappa shape index (κ1) is 7.46. The number of fused-ring (bicyclic) bond motifs is 1. The molecule has 1 aromatic rings. The third-order valence-electron chi connectivity index (χ3n) is 2.36. The minimum atomic E-state index is 0.379. The Labute approximate surface area is 70.6 Å². The molecule has 0 fully saturated rings. The Kier molecular flexibility index (Phi) is 1.67. The van der Waals surface area contributed by atoms with Crippen LogP contribution in [0.25, 0.3) is 0 Å². The number of aldehydes is 1. The van der Waals surface area contributed by atoms with Crippen molar-refractivity contribution in [2.45, 2.75) is 32.2 Å². The first-order valence-corrected chi connectivity index (χ1v) is 4.22. The van der Waals surface area contributed by atoms with Gasteiger partial charge in [-0.3, -0.25) is 4.79 Å². The van der Waals surface area contributed by atoms with Gasteiger partial charge in [-0.2, -0.15) is 0 Å². The number of nitrogens with zero attached hydrogens (tertiary/aromatic N) is 3. The topological polar surface area (TPSA) is 47.8 Å². The van der Waals surface area contributed by atoms with Crippen LogP contribution in [0.5, 0.6) is 0 Å². The third kappa shape index (κ3) is 0.948. The molecule has 2 heterocycles. The van der Waals surface area contributed by atoms with Crippen LogP contribution in [-0.2, 0) is 6.42 Å². The average molecular weight is 165 g/mol. The maximum atomic E-state index is 10.6. The second-order valence-corrected chi connectivity index (χ2v) is 3.20. The molecular formula is C8H11N3O. The van der Waals surface area contributed by atoms with Crippen LogP contribution in [0.2, 0.25) is 0 Å². The van der Waals surface area contributed by atoms with Crippen molar-refractivity contribution in [2.75, 3.05) is 0 Å². The molecule has 64 valence electrons. The van der Waals surface area contributed by atoms with Gasteiger partial charge in [-0.15, -0.1) is 10.2 Å². The lowest BCUT2D eigenvalue weighted by molar-refractivity contribution is 0.110. The molecule has 0 radical (unpaired) electrons. The molecule has 1 aromatic heterocycles. The SMILES string of the molecule is CC1CCCc2nnc(C=O)n21. The number of rotatable bonds is 1. The van der Waals surface area contributed by atoms with Crippen LogP contribution < -0.4 is 0 Å². The van der Waals surface area contributed by atoms with Crippen molar-refractivity contribution in [3.05, 3.63) is 11.6 Å². The van der Waals surface area contributed by atoms with E-state index < -0.39 is 0 Å². The van der Waals surface area contributed by atoms with Crippen molar-refractivity contribution < 1.29 is 4.79 Å². The number of hydrogen-bond donors (Lipinski definition) is 0. The van der Waals surface area contributed by atoms with Crippen molar-refractivity contribution >= 4 is 6.29 Å². The lowest BCUT2D eigenvalue weighted by Gasteiger charge is -2.20. The summed E-state index contributed by atoms with van der Waals surface area (Å²) in [6, 6.07) is 0.379. The van der Waals surface area contributed by atoms with E-state index in [1.165, 1.54) is 0 Å². The van der Waals surface area contributed by atoms with Crippen molar-refractivity contribution in [2.24, 2.45) is 0 Å². The number of aryl methyl sites for hydroxylation is 1. The van der Waals surface area contributed by atoms with Crippen LogP contribution in [0.3, 0.4) is 0 Å². The van der Waals surface area contributed by atoms with E-state index in [1.807, 2.05) is 4.57 Å². The summed E-state index contributed by atoms with van der Waals surface area (Å²) in [5, 5.41) is 7.77. The zero-order valence-corrected chi connectivity index (χ0v) is 7.03. The van der Waals surface area contributed by atoms with E-state index in [-0.39, 0.29) is 0 Å². The monoisotopic (exact) mass is 165 g/mol. The summed E-state index contributed by atoms with van der Waals surface area (Å²) >= 11 is 0. The number of hydrogen-bond acceptors (Lipinski definition) is 3. The highest BCUT2D eigenvalue weighted by Gasteiger charge is 2.20. The van der Waals surface area contributed by atoms with Crippen LogP contribution in [-0.4, -0.2) is 21.1 Å². The van der Waals surface area contributed by atoms with Crippen molar-refractivity contribution in [1.29, 1.82) is 0 Å². The van der Waals surface area contributed by atoms with E-state index in [4.69, 9.17) is 0 Å². The molecule has 1 unspecified atom stereocenters. The van der Waals surface area contributed by atoms with Gasteiger partial charge in [0.05, 0.1) is 0 Å². The van der Waals surface area contributed by atoms with E-state index in [2.05, 4.69) is 17.1 Å². The van der Waals surface area contributed by atoms with Gasteiger partial charge in [-0.05, 0) is 19.8 Å². The molecule has 0 amide bonds. The second kappa shape index (κ2) is 2.69. The van der Waals surface area contributed by atoms with Crippen LogP contribution in [0, 0.1) is 0 Å². The minimum absolute atomic E-state index is 0.379. The van der Waals surface area contributed by atoms with E-state index in [0.29, 0.717) is 11.9 Å². The van der Waals surface area contributed by atoms with E-state index >= 15 is 0 Å². The smallest absolute Gasteiger partial charge is 0.197 e. The Hall–Kier alpha value is -1.19. The molecule has 2 rings (SSSR count). The molecule has 1 aliphatic rings. The molecule has 0 N–H and O–H groups in total. The molecule has 12 heavy (non-hydrogen) atoms. The molecule has 1 aliphatic heterocycles. The van der Waals surface area contributed by atoms with Crippen LogP contribution in [0.1, 0.15) is 42.3 Å². The summed E-state index contributed by atoms with van der Waals surface area (Å²) in [7, 11) is 0. The minimum Gasteiger partial charge on any atom is -0.306 e. The highest BCUT2D eigenvalue weighted by Crippen LogP contribution is 2.23. The van der Waals surface area contributed by atoms with Crippen molar-refractivity contribution in [3.8, 4) is 0 Å². The fraction of sp³-hybridized carbons (Fsp3) is 0.625. The van der Waals surface area contributed by atoms with Gasteiger partial charge in [-0.1, -0.05) is 0 Å². The quantitative estimate of drug-likeness (QED) is 0.583. The van der Waals surface area contributed by atoms with Crippen molar-refractivity contribution in [3.63, 3.8) is 0 Å². The Bertz CT molecular complexity index is 305. The summed E-state index contributed by atoms with van der Waals surface area (Å²) in [6.45, 7) is 2.10. The van der Waals surface area contributed by atoms with Gasteiger partial charge < -0.3 is 4.57 Å².